The quantitative estimate of drug-likeness (QED) is 0.484. The molecule has 0 bridgehead atoms. The molecule has 24 heavy (non-hydrogen) atoms. The first kappa shape index (κ1) is 16.8. The van der Waals surface area contributed by atoms with Crippen molar-refractivity contribution in [3.8, 4) is 0 Å². The topological polar surface area (TPSA) is 17.1 Å². The van der Waals surface area contributed by atoms with Gasteiger partial charge in [-0.1, -0.05) is 65.7 Å². The molecule has 3 aromatic rings. The summed E-state index contributed by atoms with van der Waals surface area (Å²) in [5.41, 5.74) is 2.87. The van der Waals surface area contributed by atoms with Crippen molar-refractivity contribution in [2.75, 3.05) is 0 Å². The van der Waals surface area contributed by atoms with Gasteiger partial charge in [0.15, 0.2) is 5.78 Å². The molecule has 3 heteroatoms. The number of ketones is 1. The molecule has 0 saturated carbocycles. The van der Waals surface area contributed by atoms with Gasteiger partial charge in [0.1, 0.15) is 0 Å². The molecular formula is C21H16Cl2O. The average Bonchev–Trinajstić information content (AvgIpc) is 2.62. The van der Waals surface area contributed by atoms with Crippen LogP contribution in [-0.4, -0.2) is 5.78 Å². The highest BCUT2D eigenvalue weighted by Crippen LogP contribution is 2.30. The summed E-state index contributed by atoms with van der Waals surface area (Å²) in [5.74, 6) is 0.0853. The minimum Gasteiger partial charge on any atom is -0.294 e. The van der Waals surface area contributed by atoms with E-state index in [9.17, 15) is 4.79 Å². The lowest BCUT2D eigenvalue weighted by Crippen LogP contribution is -2.09. The normalized spacial score (nSPS) is 11.9. The van der Waals surface area contributed by atoms with Crippen molar-refractivity contribution >= 4 is 29.0 Å². The second-order valence-electron chi connectivity index (χ2n) is 5.65. The Kier molecular flexibility index (Phi) is 5.34. The molecule has 0 aliphatic rings. The monoisotopic (exact) mass is 354 g/mol. The maximum Gasteiger partial charge on any atom is 0.163 e. The number of Topliss-reactive ketones (excluding diaryl/α,β-unsaturated/α-hetero) is 1. The Bertz CT molecular complexity index is 809. The van der Waals surface area contributed by atoms with Gasteiger partial charge in [0.05, 0.1) is 0 Å². The number of rotatable bonds is 5. The number of carbonyl (C=O) groups excluding carboxylic acids is 1. The molecule has 0 radical (unpaired) electrons. The standard InChI is InChI=1S/C21H16Cl2O/c22-18-10-6-16(7-11-18)20(15-4-2-1-3-5-15)14-21(24)17-8-12-19(23)13-9-17/h1-13,20H,14H2. The van der Waals surface area contributed by atoms with Crippen LogP contribution in [0.5, 0.6) is 0 Å². The SMILES string of the molecule is O=C(CC(c1ccccc1)c1ccc(Cl)cc1)c1ccc(Cl)cc1. The molecule has 3 rings (SSSR count). The van der Waals surface area contributed by atoms with Crippen LogP contribution in [-0.2, 0) is 0 Å². The largest absolute Gasteiger partial charge is 0.294 e. The van der Waals surface area contributed by atoms with Crippen LogP contribution in [0.2, 0.25) is 10.0 Å². The molecule has 120 valence electrons. The number of hydrogen-bond donors (Lipinski definition) is 0. The van der Waals surface area contributed by atoms with E-state index in [-0.39, 0.29) is 11.7 Å². The van der Waals surface area contributed by atoms with Crippen molar-refractivity contribution in [2.24, 2.45) is 0 Å². The van der Waals surface area contributed by atoms with Crippen molar-refractivity contribution < 1.29 is 4.79 Å². The van der Waals surface area contributed by atoms with Gasteiger partial charge in [0.25, 0.3) is 0 Å². The minimum absolute atomic E-state index is 0.00774. The van der Waals surface area contributed by atoms with E-state index < -0.39 is 0 Å². The Balaban J connectivity index is 1.91. The van der Waals surface area contributed by atoms with Gasteiger partial charge in [0.2, 0.25) is 0 Å². The molecule has 3 aromatic carbocycles. The zero-order chi connectivity index (χ0) is 16.9. The zero-order valence-corrected chi connectivity index (χ0v) is 14.5. The number of benzene rings is 3. The molecule has 1 atom stereocenters. The summed E-state index contributed by atoms with van der Waals surface area (Å²) in [6, 6.07) is 24.8. The van der Waals surface area contributed by atoms with Gasteiger partial charge in [-0.25, -0.2) is 0 Å². The molecule has 0 N–H and O–H groups in total. The molecule has 0 saturated heterocycles. The Hall–Kier alpha value is -2.09. The third kappa shape index (κ3) is 4.05. The van der Waals surface area contributed by atoms with Crippen LogP contribution in [0, 0.1) is 0 Å². The summed E-state index contributed by atoms with van der Waals surface area (Å²) >= 11 is 11.9. The third-order valence-corrected chi connectivity index (χ3v) is 4.53. The first-order valence-electron chi connectivity index (χ1n) is 7.72. The first-order chi connectivity index (χ1) is 11.6. The zero-order valence-electron chi connectivity index (χ0n) is 13.0. The summed E-state index contributed by atoms with van der Waals surface area (Å²) in [6.45, 7) is 0. The van der Waals surface area contributed by atoms with E-state index in [1.807, 2.05) is 42.5 Å². The fourth-order valence-corrected chi connectivity index (χ4v) is 3.00. The van der Waals surface area contributed by atoms with E-state index in [4.69, 9.17) is 23.2 Å². The predicted octanol–water partition coefficient (Wildman–Crippen LogP) is 6.40. The van der Waals surface area contributed by atoms with E-state index in [1.54, 1.807) is 24.3 Å². The highest BCUT2D eigenvalue weighted by atomic mass is 35.5. The second kappa shape index (κ2) is 7.65. The lowest BCUT2D eigenvalue weighted by atomic mass is 9.86. The minimum atomic E-state index is -0.00774. The molecule has 0 spiro atoms. The predicted molar refractivity (Wildman–Crippen MR) is 100 cm³/mol. The molecule has 0 aliphatic carbocycles. The fraction of sp³-hybridized carbons (Fsp3) is 0.0952. The van der Waals surface area contributed by atoms with Crippen molar-refractivity contribution in [3.63, 3.8) is 0 Å². The van der Waals surface area contributed by atoms with Crippen LogP contribution in [0.1, 0.15) is 33.8 Å². The van der Waals surface area contributed by atoms with Crippen molar-refractivity contribution in [3.05, 3.63) is 106 Å². The molecule has 0 aromatic heterocycles. The van der Waals surface area contributed by atoms with Gasteiger partial charge >= 0.3 is 0 Å². The van der Waals surface area contributed by atoms with Crippen molar-refractivity contribution in [2.45, 2.75) is 12.3 Å². The summed E-state index contributed by atoms with van der Waals surface area (Å²) < 4.78 is 0. The van der Waals surface area contributed by atoms with E-state index in [0.717, 1.165) is 11.1 Å². The van der Waals surface area contributed by atoms with Gasteiger partial charge < -0.3 is 0 Å². The van der Waals surface area contributed by atoms with Crippen LogP contribution in [0.15, 0.2) is 78.9 Å². The van der Waals surface area contributed by atoms with E-state index >= 15 is 0 Å². The molecular weight excluding hydrogens is 339 g/mol. The summed E-state index contributed by atoms with van der Waals surface area (Å²) in [7, 11) is 0. The maximum absolute atomic E-state index is 12.7. The van der Waals surface area contributed by atoms with E-state index in [2.05, 4.69) is 12.1 Å². The van der Waals surface area contributed by atoms with E-state index in [0.29, 0.717) is 22.0 Å². The Morgan fingerprint density at radius 2 is 1.21 bits per heavy atom. The summed E-state index contributed by atoms with van der Waals surface area (Å²) in [4.78, 5) is 12.7. The summed E-state index contributed by atoms with van der Waals surface area (Å²) in [5, 5.41) is 1.32. The van der Waals surface area contributed by atoms with Gasteiger partial charge in [-0.2, -0.15) is 0 Å². The van der Waals surface area contributed by atoms with Gasteiger partial charge in [-0.15, -0.1) is 0 Å². The maximum atomic E-state index is 12.7. The second-order valence-corrected chi connectivity index (χ2v) is 6.52. The van der Waals surface area contributed by atoms with Crippen LogP contribution < -0.4 is 0 Å². The van der Waals surface area contributed by atoms with Crippen LogP contribution >= 0.6 is 23.2 Å². The molecule has 0 fully saturated rings. The first-order valence-corrected chi connectivity index (χ1v) is 8.48. The van der Waals surface area contributed by atoms with Gasteiger partial charge in [0, 0.05) is 27.9 Å². The molecule has 0 aliphatic heterocycles. The molecule has 0 amide bonds. The molecule has 1 nitrogen and oxygen atoms in total. The van der Waals surface area contributed by atoms with E-state index in [1.165, 1.54) is 0 Å². The fourth-order valence-electron chi connectivity index (χ4n) is 2.75. The van der Waals surface area contributed by atoms with Gasteiger partial charge in [-0.05, 0) is 47.5 Å². The van der Waals surface area contributed by atoms with Crippen LogP contribution in [0.3, 0.4) is 0 Å². The summed E-state index contributed by atoms with van der Waals surface area (Å²) in [6.07, 6.45) is 0.396. The smallest absolute Gasteiger partial charge is 0.163 e. The van der Waals surface area contributed by atoms with Crippen molar-refractivity contribution in [1.29, 1.82) is 0 Å². The van der Waals surface area contributed by atoms with Crippen LogP contribution in [0.4, 0.5) is 0 Å². The highest BCUT2D eigenvalue weighted by Gasteiger charge is 2.19. The lowest BCUT2D eigenvalue weighted by Gasteiger charge is -2.17. The highest BCUT2D eigenvalue weighted by molar-refractivity contribution is 6.30. The lowest BCUT2D eigenvalue weighted by molar-refractivity contribution is 0.0977. The Labute approximate surface area is 151 Å². The van der Waals surface area contributed by atoms with Gasteiger partial charge in [-0.3, -0.25) is 4.79 Å². The Morgan fingerprint density at radius 1 is 0.708 bits per heavy atom. The van der Waals surface area contributed by atoms with Crippen LogP contribution in [0.25, 0.3) is 0 Å². The third-order valence-electron chi connectivity index (χ3n) is 4.03. The molecule has 0 heterocycles. The number of hydrogen-bond acceptors (Lipinski definition) is 1. The average molecular weight is 355 g/mol. The molecule has 1 unspecified atom stereocenters. The Morgan fingerprint density at radius 3 is 1.79 bits per heavy atom. The van der Waals surface area contributed by atoms with Crippen molar-refractivity contribution in [1.82, 2.24) is 0 Å². The number of carbonyl (C=O) groups is 1. The number of halogens is 2.